The Morgan fingerprint density at radius 3 is 2.54 bits per heavy atom. The maximum absolute atomic E-state index is 13.6. The molecular formula is C26H16F3N5O3S2. The third-order valence-corrected chi connectivity index (χ3v) is 7.59. The van der Waals surface area contributed by atoms with Gasteiger partial charge in [-0.2, -0.15) is 0 Å². The van der Waals surface area contributed by atoms with Gasteiger partial charge in [0.25, 0.3) is 5.56 Å². The summed E-state index contributed by atoms with van der Waals surface area (Å²) in [4.78, 5) is 38.6. The number of fused-ring (bicyclic) bond motifs is 4. The van der Waals surface area contributed by atoms with Crippen molar-refractivity contribution in [2.45, 2.75) is 11.5 Å². The third-order valence-electron chi connectivity index (χ3n) is 5.70. The van der Waals surface area contributed by atoms with E-state index in [1.54, 1.807) is 0 Å². The van der Waals surface area contributed by atoms with Gasteiger partial charge in [0.15, 0.2) is 10.3 Å². The predicted octanol–water partition coefficient (Wildman–Crippen LogP) is 6.11. The van der Waals surface area contributed by atoms with Gasteiger partial charge in [0.1, 0.15) is 16.8 Å². The zero-order valence-electron chi connectivity index (χ0n) is 19.7. The fourth-order valence-corrected chi connectivity index (χ4v) is 5.76. The molecule has 1 amide bonds. The van der Waals surface area contributed by atoms with E-state index in [0.29, 0.717) is 16.2 Å². The molecule has 196 valence electrons. The molecule has 0 saturated carbocycles. The van der Waals surface area contributed by atoms with Crippen LogP contribution in [0.3, 0.4) is 0 Å². The highest BCUT2D eigenvalue weighted by molar-refractivity contribution is 7.99. The summed E-state index contributed by atoms with van der Waals surface area (Å²) < 4.78 is 44.0. The van der Waals surface area contributed by atoms with Crippen molar-refractivity contribution in [1.29, 1.82) is 0 Å². The van der Waals surface area contributed by atoms with E-state index in [2.05, 4.69) is 25.0 Å². The van der Waals surface area contributed by atoms with Gasteiger partial charge in [-0.1, -0.05) is 53.4 Å². The molecule has 0 aliphatic heterocycles. The first-order valence-electron chi connectivity index (χ1n) is 11.4. The third kappa shape index (κ3) is 5.05. The van der Waals surface area contributed by atoms with Gasteiger partial charge in [-0.25, -0.2) is 9.97 Å². The molecule has 0 unspecified atom stereocenters. The fourth-order valence-electron chi connectivity index (χ4n) is 4.07. The minimum Gasteiger partial charge on any atom is -0.406 e. The number of benzene rings is 3. The van der Waals surface area contributed by atoms with Crippen LogP contribution >= 0.6 is 23.1 Å². The van der Waals surface area contributed by atoms with Crippen LogP contribution in [-0.4, -0.2) is 37.5 Å². The number of rotatable bonds is 6. The van der Waals surface area contributed by atoms with E-state index in [9.17, 15) is 22.8 Å². The van der Waals surface area contributed by atoms with Crippen molar-refractivity contribution in [2.24, 2.45) is 0 Å². The summed E-state index contributed by atoms with van der Waals surface area (Å²) in [6.45, 7) is 0. The van der Waals surface area contributed by atoms with E-state index in [1.807, 2.05) is 48.5 Å². The Bertz CT molecular complexity index is 1880. The molecule has 0 spiro atoms. The first kappa shape index (κ1) is 24.9. The zero-order valence-corrected chi connectivity index (χ0v) is 21.3. The molecule has 8 nitrogen and oxygen atoms in total. The topological polar surface area (TPSA) is 102 Å². The number of para-hydroxylation sites is 2. The van der Waals surface area contributed by atoms with Crippen molar-refractivity contribution < 1.29 is 22.7 Å². The highest BCUT2D eigenvalue weighted by Crippen LogP contribution is 2.29. The second-order valence-electron chi connectivity index (χ2n) is 8.29. The molecule has 3 aromatic heterocycles. The summed E-state index contributed by atoms with van der Waals surface area (Å²) in [5.74, 6) is -0.873. The number of thiazole rings is 1. The van der Waals surface area contributed by atoms with Crippen molar-refractivity contribution in [2.75, 3.05) is 11.1 Å². The quantitative estimate of drug-likeness (QED) is 0.186. The number of hydrogen-bond acceptors (Lipinski definition) is 7. The van der Waals surface area contributed by atoms with Crippen molar-refractivity contribution in [3.63, 3.8) is 0 Å². The van der Waals surface area contributed by atoms with Gasteiger partial charge in [0.05, 0.1) is 21.7 Å². The summed E-state index contributed by atoms with van der Waals surface area (Å²) >= 11 is 2.36. The van der Waals surface area contributed by atoms with Gasteiger partial charge >= 0.3 is 6.36 Å². The molecule has 0 saturated heterocycles. The number of halogens is 3. The van der Waals surface area contributed by atoms with Gasteiger partial charge in [-0.05, 0) is 42.5 Å². The van der Waals surface area contributed by atoms with Crippen molar-refractivity contribution in [3.05, 3.63) is 83.2 Å². The van der Waals surface area contributed by atoms with Crippen LogP contribution in [0.15, 0.2) is 82.7 Å². The molecule has 0 radical (unpaired) electrons. The average Bonchev–Trinajstić information content (AvgIpc) is 3.48. The summed E-state index contributed by atoms with van der Waals surface area (Å²) in [6, 6.07) is 19.6. The maximum atomic E-state index is 13.6. The number of aromatic amines is 1. The molecule has 3 heterocycles. The number of carbonyl (C=O) groups excluding carboxylic acids is 1. The summed E-state index contributed by atoms with van der Waals surface area (Å²) in [6.07, 6.45) is -4.85. The van der Waals surface area contributed by atoms with Crippen LogP contribution < -0.4 is 15.6 Å². The van der Waals surface area contributed by atoms with Gasteiger partial charge in [-0.15, -0.1) is 13.2 Å². The molecule has 6 aromatic rings. The smallest absolute Gasteiger partial charge is 0.406 e. The molecule has 0 aliphatic carbocycles. The van der Waals surface area contributed by atoms with Crippen LogP contribution in [0.5, 0.6) is 5.75 Å². The minimum absolute atomic E-state index is 0.0918. The lowest BCUT2D eigenvalue weighted by Gasteiger charge is -2.13. The largest absolute Gasteiger partial charge is 0.573 e. The van der Waals surface area contributed by atoms with E-state index in [1.165, 1.54) is 28.0 Å². The second kappa shape index (κ2) is 9.75. The van der Waals surface area contributed by atoms with Crippen molar-refractivity contribution in [1.82, 2.24) is 19.5 Å². The number of ether oxygens (including phenoxy) is 1. The summed E-state index contributed by atoms with van der Waals surface area (Å²) in [5.41, 5.74) is 1.93. The lowest BCUT2D eigenvalue weighted by Crippen LogP contribution is -2.23. The first-order valence-corrected chi connectivity index (χ1v) is 13.2. The van der Waals surface area contributed by atoms with E-state index < -0.39 is 17.7 Å². The molecule has 39 heavy (non-hydrogen) atoms. The van der Waals surface area contributed by atoms with E-state index in [-0.39, 0.29) is 28.0 Å². The van der Waals surface area contributed by atoms with E-state index in [0.717, 1.165) is 39.5 Å². The number of nitrogens with one attached hydrogen (secondary N) is 2. The number of H-pyrrole nitrogens is 1. The molecule has 0 atom stereocenters. The van der Waals surface area contributed by atoms with Crippen LogP contribution in [0.2, 0.25) is 0 Å². The van der Waals surface area contributed by atoms with Crippen LogP contribution in [0.1, 0.15) is 0 Å². The Balaban J connectivity index is 1.35. The lowest BCUT2D eigenvalue weighted by molar-refractivity contribution is -0.274. The first-order chi connectivity index (χ1) is 18.7. The van der Waals surface area contributed by atoms with Crippen LogP contribution in [0.25, 0.3) is 37.8 Å². The van der Waals surface area contributed by atoms with Crippen LogP contribution in [0, 0.1) is 0 Å². The molecule has 0 bridgehead atoms. The number of hydrogen-bond donors (Lipinski definition) is 2. The normalized spacial score (nSPS) is 11.9. The molecule has 0 fully saturated rings. The predicted molar refractivity (Wildman–Crippen MR) is 145 cm³/mol. The van der Waals surface area contributed by atoms with Gasteiger partial charge < -0.3 is 15.0 Å². The number of aromatic nitrogens is 4. The van der Waals surface area contributed by atoms with Crippen molar-refractivity contribution >= 4 is 66.3 Å². The Kier molecular flexibility index (Phi) is 6.23. The summed E-state index contributed by atoms with van der Waals surface area (Å²) in [5, 5.41) is 4.14. The number of nitrogens with zero attached hydrogens (tertiary/aromatic N) is 3. The standard InChI is InChI=1S/C26H16F3N5O3S2/c27-26(28,29)37-15-11-9-14(10-12-15)34-23(36)22-21(16-5-1-2-6-17(16)30-22)33-25(34)38-13-20(35)32-24-31-18-7-3-4-8-19(18)39-24/h1-12,30H,13H2,(H,31,32,35). The second-order valence-corrected chi connectivity index (χ2v) is 10.3. The molecule has 3 aromatic carbocycles. The van der Waals surface area contributed by atoms with Crippen LogP contribution in [0.4, 0.5) is 18.3 Å². The Labute approximate surface area is 225 Å². The SMILES string of the molecule is O=C(CSc1nc2c([nH]c3ccccc32)c(=O)n1-c1ccc(OC(F)(F)F)cc1)Nc1nc2ccccc2s1. The van der Waals surface area contributed by atoms with Gasteiger partial charge in [-0.3, -0.25) is 14.2 Å². The van der Waals surface area contributed by atoms with Crippen molar-refractivity contribution in [3.8, 4) is 11.4 Å². The van der Waals surface area contributed by atoms with E-state index >= 15 is 0 Å². The highest BCUT2D eigenvalue weighted by atomic mass is 32.2. The Morgan fingerprint density at radius 2 is 1.77 bits per heavy atom. The maximum Gasteiger partial charge on any atom is 0.573 e. The number of amides is 1. The van der Waals surface area contributed by atoms with Crippen LogP contribution in [-0.2, 0) is 4.79 Å². The number of alkyl halides is 3. The van der Waals surface area contributed by atoms with Gasteiger partial charge in [0.2, 0.25) is 5.91 Å². The number of anilines is 1. The highest BCUT2D eigenvalue weighted by Gasteiger charge is 2.31. The molecule has 2 N–H and O–H groups in total. The Morgan fingerprint density at radius 1 is 1.03 bits per heavy atom. The number of carbonyl (C=O) groups is 1. The molecule has 0 aliphatic rings. The number of thioether (sulfide) groups is 1. The zero-order chi connectivity index (χ0) is 27.1. The minimum atomic E-state index is -4.85. The average molecular weight is 568 g/mol. The molecular weight excluding hydrogens is 551 g/mol. The van der Waals surface area contributed by atoms with Gasteiger partial charge in [0, 0.05) is 10.9 Å². The fraction of sp³-hybridized carbons (Fsp3) is 0.0769. The lowest BCUT2D eigenvalue weighted by atomic mass is 10.2. The molecule has 6 rings (SSSR count). The molecule has 13 heteroatoms. The summed E-state index contributed by atoms with van der Waals surface area (Å²) in [7, 11) is 0. The Hall–Kier alpha value is -4.36. The van der Waals surface area contributed by atoms with E-state index in [4.69, 9.17) is 0 Å². The monoisotopic (exact) mass is 567 g/mol.